The van der Waals surface area contributed by atoms with E-state index in [1.54, 1.807) is 0 Å². The van der Waals surface area contributed by atoms with E-state index in [1.807, 2.05) is 0 Å². The van der Waals surface area contributed by atoms with Gasteiger partial charge < -0.3 is 5.11 Å². The van der Waals surface area contributed by atoms with Crippen LogP contribution in [0.15, 0.2) is 18.2 Å². The van der Waals surface area contributed by atoms with Crippen molar-refractivity contribution in [3.8, 4) is 0 Å². The Morgan fingerprint density at radius 2 is 1.83 bits per heavy atom. The SMILES string of the molecule is CC(C)C(C)(C)C.OC1c2cc3ccc2CCC31. The van der Waals surface area contributed by atoms with Gasteiger partial charge in [0.05, 0.1) is 6.10 Å². The average molecular weight is 246 g/mol. The van der Waals surface area contributed by atoms with Gasteiger partial charge in [-0.05, 0) is 40.9 Å². The zero-order valence-electron chi connectivity index (χ0n) is 12.3. The van der Waals surface area contributed by atoms with Gasteiger partial charge in [0.15, 0.2) is 0 Å². The van der Waals surface area contributed by atoms with E-state index in [-0.39, 0.29) is 6.10 Å². The summed E-state index contributed by atoms with van der Waals surface area (Å²) in [5, 5.41) is 9.74. The molecule has 0 saturated carbocycles. The van der Waals surface area contributed by atoms with Crippen LogP contribution in [0.25, 0.3) is 0 Å². The van der Waals surface area contributed by atoms with Crippen LogP contribution in [0.2, 0.25) is 0 Å². The van der Waals surface area contributed by atoms with Gasteiger partial charge >= 0.3 is 0 Å². The maximum atomic E-state index is 9.74. The largest absolute Gasteiger partial charge is 0.388 e. The molecule has 2 unspecified atom stereocenters. The van der Waals surface area contributed by atoms with Crippen LogP contribution in [0.4, 0.5) is 0 Å². The van der Waals surface area contributed by atoms with Crippen molar-refractivity contribution in [3.63, 3.8) is 0 Å². The van der Waals surface area contributed by atoms with E-state index in [4.69, 9.17) is 0 Å². The van der Waals surface area contributed by atoms with E-state index in [0.29, 0.717) is 11.3 Å². The first-order valence-corrected chi connectivity index (χ1v) is 7.11. The van der Waals surface area contributed by atoms with Crippen LogP contribution in [0.3, 0.4) is 0 Å². The Balaban J connectivity index is 0.000000152. The summed E-state index contributed by atoms with van der Waals surface area (Å²) in [4.78, 5) is 0. The summed E-state index contributed by atoms with van der Waals surface area (Å²) in [5.41, 5.74) is 4.39. The molecule has 0 aromatic heterocycles. The molecular weight excluding hydrogens is 220 g/mol. The number of aliphatic hydroxyl groups is 1. The molecular formula is C17H26O. The Kier molecular flexibility index (Phi) is 3.55. The molecule has 1 N–H and O–H groups in total. The van der Waals surface area contributed by atoms with Gasteiger partial charge in [-0.1, -0.05) is 52.8 Å². The van der Waals surface area contributed by atoms with Crippen LogP contribution >= 0.6 is 0 Å². The minimum Gasteiger partial charge on any atom is -0.388 e. The molecule has 1 nitrogen and oxygen atoms in total. The lowest BCUT2D eigenvalue weighted by Gasteiger charge is -2.22. The third-order valence-corrected chi connectivity index (χ3v) is 4.75. The lowest BCUT2D eigenvalue weighted by Crippen LogP contribution is -2.12. The highest BCUT2D eigenvalue weighted by Gasteiger charge is 2.34. The number of hydrogen-bond donors (Lipinski definition) is 1. The van der Waals surface area contributed by atoms with Gasteiger partial charge in [-0.15, -0.1) is 0 Å². The molecule has 100 valence electrons. The number of hydrogen-bond acceptors (Lipinski definition) is 1. The van der Waals surface area contributed by atoms with E-state index in [1.165, 1.54) is 16.7 Å². The van der Waals surface area contributed by atoms with E-state index in [2.05, 4.69) is 52.8 Å². The first kappa shape index (κ1) is 13.6. The molecule has 0 fully saturated rings. The number of fused-ring (bicyclic) bond motifs is 3. The molecule has 1 aromatic carbocycles. The van der Waals surface area contributed by atoms with Crippen molar-refractivity contribution in [2.45, 2.75) is 59.5 Å². The van der Waals surface area contributed by atoms with E-state index in [0.717, 1.165) is 18.8 Å². The molecule has 0 saturated heterocycles. The summed E-state index contributed by atoms with van der Waals surface area (Å²) in [6.45, 7) is 11.3. The topological polar surface area (TPSA) is 20.2 Å². The highest BCUT2D eigenvalue weighted by Crippen LogP contribution is 2.47. The molecule has 2 atom stereocenters. The van der Waals surface area contributed by atoms with Gasteiger partial charge in [0.25, 0.3) is 0 Å². The van der Waals surface area contributed by atoms with Gasteiger partial charge in [-0.2, -0.15) is 0 Å². The van der Waals surface area contributed by atoms with Gasteiger partial charge in [0.2, 0.25) is 0 Å². The number of rotatable bonds is 0. The number of benzene rings is 1. The first-order chi connectivity index (χ1) is 8.30. The summed E-state index contributed by atoms with van der Waals surface area (Å²) in [5.74, 6) is 1.22. The van der Waals surface area contributed by atoms with Crippen molar-refractivity contribution in [1.29, 1.82) is 0 Å². The maximum absolute atomic E-state index is 9.74. The Hall–Kier alpha value is -0.820. The molecule has 2 aliphatic rings. The Labute approximate surface area is 111 Å². The molecule has 0 aliphatic heterocycles. The second kappa shape index (κ2) is 4.70. The summed E-state index contributed by atoms with van der Waals surface area (Å²) >= 11 is 0. The third kappa shape index (κ3) is 2.47. The fourth-order valence-electron chi connectivity index (χ4n) is 2.38. The molecule has 18 heavy (non-hydrogen) atoms. The second-order valence-corrected chi connectivity index (χ2v) is 7.07. The predicted molar refractivity (Wildman–Crippen MR) is 76.8 cm³/mol. The highest BCUT2D eigenvalue weighted by atomic mass is 16.3. The average Bonchev–Trinajstić information content (AvgIpc) is 2.50. The van der Waals surface area contributed by atoms with Crippen molar-refractivity contribution < 1.29 is 5.11 Å². The molecule has 3 rings (SSSR count). The minimum atomic E-state index is -0.177. The first-order valence-electron chi connectivity index (χ1n) is 7.11. The van der Waals surface area contributed by atoms with Gasteiger partial charge in [0.1, 0.15) is 0 Å². The highest BCUT2D eigenvalue weighted by molar-refractivity contribution is 5.45. The standard InChI is InChI=1S/C10H10O.C7H16/c11-10-8-4-3-6-1-2-7(8)5-9(6)10;1-6(2)7(3,4)5/h1-2,5,8,10-11H,3-4H2;6H,1-5H3. The minimum absolute atomic E-state index is 0.177. The lowest BCUT2D eigenvalue weighted by molar-refractivity contribution is 0.141. The summed E-state index contributed by atoms with van der Waals surface area (Å²) < 4.78 is 0. The molecule has 2 aliphatic carbocycles. The molecule has 0 radical (unpaired) electrons. The van der Waals surface area contributed by atoms with Crippen molar-refractivity contribution in [3.05, 3.63) is 34.9 Å². The zero-order chi connectivity index (χ0) is 13.5. The van der Waals surface area contributed by atoms with Crippen LogP contribution in [0.5, 0.6) is 0 Å². The Bertz CT molecular complexity index is 426. The van der Waals surface area contributed by atoms with Gasteiger partial charge in [-0.25, -0.2) is 0 Å². The molecule has 0 heterocycles. The Morgan fingerprint density at radius 1 is 1.22 bits per heavy atom. The lowest BCUT2D eigenvalue weighted by atomic mass is 9.84. The second-order valence-electron chi connectivity index (χ2n) is 7.07. The monoisotopic (exact) mass is 246 g/mol. The summed E-state index contributed by atoms with van der Waals surface area (Å²) in [6.07, 6.45) is 2.12. The van der Waals surface area contributed by atoms with Crippen molar-refractivity contribution in [2.75, 3.05) is 0 Å². The molecule has 0 amide bonds. The quantitative estimate of drug-likeness (QED) is 0.717. The smallest absolute Gasteiger partial charge is 0.0861 e. The van der Waals surface area contributed by atoms with Crippen molar-refractivity contribution >= 4 is 0 Å². The third-order valence-electron chi connectivity index (χ3n) is 4.75. The van der Waals surface area contributed by atoms with E-state index < -0.39 is 0 Å². The Morgan fingerprint density at radius 3 is 2.39 bits per heavy atom. The fraction of sp³-hybridized carbons (Fsp3) is 0.647. The fourth-order valence-corrected chi connectivity index (χ4v) is 2.38. The number of aryl methyl sites for hydroxylation is 1. The molecule has 3 bridgehead atoms. The summed E-state index contributed by atoms with van der Waals surface area (Å²) in [6, 6.07) is 6.49. The van der Waals surface area contributed by atoms with E-state index in [9.17, 15) is 5.11 Å². The van der Waals surface area contributed by atoms with Gasteiger partial charge in [0, 0.05) is 5.92 Å². The van der Waals surface area contributed by atoms with Crippen LogP contribution in [0, 0.1) is 11.3 Å². The summed E-state index contributed by atoms with van der Waals surface area (Å²) in [7, 11) is 0. The normalized spacial score (nSPS) is 24.2. The van der Waals surface area contributed by atoms with E-state index >= 15 is 0 Å². The van der Waals surface area contributed by atoms with Crippen LogP contribution in [-0.4, -0.2) is 5.11 Å². The van der Waals surface area contributed by atoms with Crippen LogP contribution < -0.4 is 0 Å². The van der Waals surface area contributed by atoms with Crippen molar-refractivity contribution in [1.82, 2.24) is 0 Å². The number of aliphatic hydroxyl groups excluding tert-OH is 1. The zero-order valence-corrected chi connectivity index (χ0v) is 12.3. The predicted octanol–water partition coefficient (Wildman–Crippen LogP) is 4.45. The van der Waals surface area contributed by atoms with Crippen molar-refractivity contribution in [2.24, 2.45) is 11.3 Å². The maximum Gasteiger partial charge on any atom is 0.0861 e. The molecule has 0 spiro atoms. The molecule has 1 heteroatoms. The van der Waals surface area contributed by atoms with Crippen LogP contribution in [-0.2, 0) is 6.42 Å². The molecule has 1 aromatic rings. The van der Waals surface area contributed by atoms with Crippen LogP contribution in [0.1, 0.15) is 69.8 Å². The van der Waals surface area contributed by atoms with Gasteiger partial charge in [-0.3, -0.25) is 0 Å².